The van der Waals surface area contributed by atoms with Crippen molar-refractivity contribution in [2.75, 3.05) is 0 Å². The normalized spacial score (nSPS) is 10.3. The lowest BCUT2D eigenvalue weighted by Gasteiger charge is -2.11. The van der Waals surface area contributed by atoms with Gasteiger partial charge < -0.3 is 10.1 Å². The highest BCUT2D eigenvalue weighted by Gasteiger charge is 2.10. The molecule has 6 heteroatoms. The van der Waals surface area contributed by atoms with E-state index in [0.717, 1.165) is 17.0 Å². The van der Waals surface area contributed by atoms with Crippen molar-refractivity contribution in [1.82, 2.24) is 20.3 Å². The molecule has 126 valence electrons. The van der Waals surface area contributed by atoms with Crippen LogP contribution in [0.2, 0.25) is 0 Å². The lowest BCUT2D eigenvalue weighted by molar-refractivity contribution is 0.0950. The average Bonchev–Trinajstić information content (AvgIpc) is 2.63. The van der Waals surface area contributed by atoms with Crippen LogP contribution in [0, 0.1) is 13.8 Å². The van der Waals surface area contributed by atoms with Crippen LogP contribution in [0.25, 0.3) is 0 Å². The largest absolute Gasteiger partial charge is 0.437 e. The van der Waals surface area contributed by atoms with Crippen molar-refractivity contribution in [2.24, 2.45) is 0 Å². The number of pyridine rings is 3. The molecule has 0 aliphatic carbocycles. The Bertz CT molecular complexity index is 861. The third kappa shape index (κ3) is 4.38. The van der Waals surface area contributed by atoms with Gasteiger partial charge >= 0.3 is 0 Å². The summed E-state index contributed by atoms with van der Waals surface area (Å²) >= 11 is 0. The fraction of sp³-hybridized carbons (Fsp3) is 0.158. The van der Waals surface area contributed by atoms with Crippen LogP contribution in [0.3, 0.4) is 0 Å². The standard InChI is InChI=1S/C19H18N4O2/c1-13-5-7-15(10-21-13)18(24)23-11-16-4-3-9-20-19(16)25-17-8-6-14(2)22-12-17/h3-10,12H,11H2,1-2H3,(H,23,24). The van der Waals surface area contributed by atoms with E-state index in [1.165, 1.54) is 0 Å². The van der Waals surface area contributed by atoms with Gasteiger partial charge in [-0.2, -0.15) is 0 Å². The Morgan fingerprint density at radius 3 is 2.44 bits per heavy atom. The first kappa shape index (κ1) is 16.6. The Morgan fingerprint density at radius 1 is 1.00 bits per heavy atom. The van der Waals surface area contributed by atoms with Gasteiger partial charge in [-0.3, -0.25) is 14.8 Å². The van der Waals surface area contributed by atoms with Gasteiger partial charge in [0.2, 0.25) is 5.88 Å². The number of hydrogen-bond donors (Lipinski definition) is 1. The maximum absolute atomic E-state index is 12.2. The molecule has 0 aliphatic heterocycles. The summed E-state index contributed by atoms with van der Waals surface area (Å²) in [6, 6.07) is 10.9. The highest BCUT2D eigenvalue weighted by atomic mass is 16.5. The van der Waals surface area contributed by atoms with Crippen molar-refractivity contribution in [3.8, 4) is 11.6 Å². The molecule has 3 heterocycles. The molecule has 0 aromatic carbocycles. The van der Waals surface area contributed by atoms with Gasteiger partial charge in [0.15, 0.2) is 0 Å². The minimum Gasteiger partial charge on any atom is -0.437 e. The summed E-state index contributed by atoms with van der Waals surface area (Å²) in [5.74, 6) is 0.842. The zero-order valence-electron chi connectivity index (χ0n) is 14.1. The van der Waals surface area contributed by atoms with Gasteiger partial charge in [0.05, 0.1) is 11.8 Å². The molecule has 0 saturated heterocycles. The molecule has 1 N–H and O–H groups in total. The number of nitrogens with one attached hydrogen (secondary N) is 1. The number of nitrogens with zero attached hydrogens (tertiary/aromatic N) is 3. The number of rotatable bonds is 5. The molecule has 0 atom stereocenters. The number of amides is 1. The molecule has 3 aromatic rings. The fourth-order valence-corrected chi connectivity index (χ4v) is 2.16. The van der Waals surface area contributed by atoms with E-state index >= 15 is 0 Å². The predicted molar refractivity (Wildman–Crippen MR) is 93.4 cm³/mol. The number of aryl methyl sites for hydroxylation is 2. The van der Waals surface area contributed by atoms with E-state index in [2.05, 4.69) is 20.3 Å². The fourth-order valence-electron chi connectivity index (χ4n) is 2.16. The Hall–Kier alpha value is -3.28. The van der Waals surface area contributed by atoms with Crippen molar-refractivity contribution in [2.45, 2.75) is 20.4 Å². The van der Waals surface area contributed by atoms with Gasteiger partial charge in [0, 0.05) is 35.9 Å². The molecular formula is C19H18N4O2. The van der Waals surface area contributed by atoms with Crippen LogP contribution in [0.1, 0.15) is 27.3 Å². The van der Waals surface area contributed by atoms with E-state index in [4.69, 9.17) is 4.74 Å². The second kappa shape index (κ2) is 7.53. The van der Waals surface area contributed by atoms with E-state index in [-0.39, 0.29) is 5.91 Å². The summed E-state index contributed by atoms with van der Waals surface area (Å²) in [5.41, 5.74) is 3.06. The van der Waals surface area contributed by atoms with Crippen LogP contribution in [0.4, 0.5) is 0 Å². The topological polar surface area (TPSA) is 77.0 Å². The van der Waals surface area contributed by atoms with E-state index in [9.17, 15) is 4.79 Å². The molecule has 0 unspecified atom stereocenters. The van der Waals surface area contributed by atoms with Crippen molar-refractivity contribution >= 4 is 5.91 Å². The molecule has 0 bridgehead atoms. The van der Waals surface area contributed by atoms with Crippen molar-refractivity contribution < 1.29 is 9.53 Å². The van der Waals surface area contributed by atoms with Crippen molar-refractivity contribution in [1.29, 1.82) is 0 Å². The first-order chi connectivity index (χ1) is 12.1. The van der Waals surface area contributed by atoms with Crippen LogP contribution in [-0.4, -0.2) is 20.9 Å². The average molecular weight is 334 g/mol. The summed E-state index contributed by atoms with van der Waals surface area (Å²) in [7, 11) is 0. The lowest BCUT2D eigenvalue weighted by Crippen LogP contribution is -2.23. The van der Waals surface area contributed by atoms with Gasteiger partial charge in [0.25, 0.3) is 5.91 Å². The molecule has 0 saturated carbocycles. The third-order valence-corrected chi connectivity index (χ3v) is 3.56. The zero-order chi connectivity index (χ0) is 17.6. The molecule has 0 aliphatic rings. The van der Waals surface area contributed by atoms with Gasteiger partial charge in [-0.25, -0.2) is 4.98 Å². The van der Waals surface area contributed by atoms with Gasteiger partial charge in [-0.05, 0) is 44.2 Å². The maximum atomic E-state index is 12.2. The highest BCUT2D eigenvalue weighted by Crippen LogP contribution is 2.22. The van der Waals surface area contributed by atoms with Crippen molar-refractivity contribution in [3.05, 3.63) is 77.5 Å². The lowest BCUT2D eigenvalue weighted by atomic mass is 10.2. The van der Waals surface area contributed by atoms with Gasteiger partial charge in [-0.15, -0.1) is 0 Å². The molecule has 25 heavy (non-hydrogen) atoms. The minimum atomic E-state index is -0.195. The predicted octanol–water partition coefficient (Wildman–Crippen LogP) is 3.21. The SMILES string of the molecule is Cc1ccc(Oc2ncccc2CNC(=O)c2ccc(C)nc2)cn1. The first-order valence-electron chi connectivity index (χ1n) is 7.87. The zero-order valence-corrected chi connectivity index (χ0v) is 14.1. The van der Waals surface area contributed by atoms with Crippen LogP contribution in [0.15, 0.2) is 55.0 Å². The molecule has 3 rings (SSSR count). The summed E-state index contributed by atoms with van der Waals surface area (Å²) in [4.78, 5) is 24.8. The number of aromatic nitrogens is 3. The summed E-state index contributed by atoms with van der Waals surface area (Å²) in [6.45, 7) is 4.08. The van der Waals surface area contributed by atoms with Crippen LogP contribution < -0.4 is 10.1 Å². The van der Waals surface area contributed by atoms with E-state index in [1.807, 2.05) is 32.0 Å². The molecule has 0 radical (unpaired) electrons. The minimum absolute atomic E-state index is 0.195. The van der Waals surface area contributed by atoms with Gasteiger partial charge in [0.1, 0.15) is 5.75 Å². The summed E-state index contributed by atoms with van der Waals surface area (Å²) < 4.78 is 5.78. The van der Waals surface area contributed by atoms with Crippen LogP contribution in [0.5, 0.6) is 11.6 Å². The molecule has 0 fully saturated rings. The highest BCUT2D eigenvalue weighted by molar-refractivity contribution is 5.93. The molecular weight excluding hydrogens is 316 g/mol. The number of hydrogen-bond acceptors (Lipinski definition) is 5. The molecule has 1 amide bonds. The first-order valence-corrected chi connectivity index (χ1v) is 7.87. The Balaban J connectivity index is 1.69. The van der Waals surface area contributed by atoms with Gasteiger partial charge in [-0.1, -0.05) is 6.07 Å². The Kier molecular flexibility index (Phi) is 4.99. The quantitative estimate of drug-likeness (QED) is 0.775. The number of ether oxygens (including phenoxy) is 1. The van der Waals surface area contributed by atoms with E-state index in [0.29, 0.717) is 23.7 Å². The third-order valence-electron chi connectivity index (χ3n) is 3.56. The van der Waals surface area contributed by atoms with E-state index < -0.39 is 0 Å². The second-order valence-corrected chi connectivity index (χ2v) is 5.58. The summed E-state index contributed by atoms with van der Waals surface area (Å²) in [6.07, 6.45) is 4.85. The summed E-state index contributed by atoms with van der Waals surface area (Å²) in [5, 5.41) is 2.86. The second-order valence-electron chi connectivity index (χ2n) is 5.58. The Morgan fingerprint density at radius 2 is 1.76 bits per heavy atom. The molecule has 6 nitrogen and oxygen atoms in total. The Labute approximate surface area is 145 Å². The van der Waals surface area contributed by atoms with Crippen LogP contribution in [-0.2, 0) is 6.54 Å². The van der Waals surface area contributed by atoms with E-state index in [1.54, 1.807) is 36.8 Å². The van der Waals surface area contributed by atoms with Crippen LogP contribution >= 0.6 is 0 Å². The number of carbonyl (C=O) groups excluding carboxylic acids is 1. The molecule has 3 aromatic heterocycles. The number of carbonyl (C=O) groups is 1. The molecule has 0 spiro atoms. The van der Waals surface area contributed by atoms with Crippen molar-refractivity contribution in [3.63, 3.8) is 0 Å². The maximum Gasteiger partial charge on any atom is 0.253 e. The smallest absolute Gasteiger partial charge is 0.253 e. The monoisotopic (exact) mass is 334 g/mol.